The fourth-order valence-electron chi connectivity index (χ4n) is 2.38. The highest BCUT2D eigenvalue weighted by Gasteiger charge is 2.22. The highest BCUT2D eigenvalue weighted by Crippen LogP contribution is 2.28. The Balaban J connectivity index is 2.50. The van der Waals surface area contributed by atoms with Crippen molar-refractivity contribution in [3.63, 3.8) is 0 Å². The van der Waals surface area contributed by atoms with E-state index in [2.05, 4.69) is 5.32 Å². The summed E-state index contributed by atoms with van der Waals surface area (Å²) in [4.78, 5) is 0. The first-order chi connectivity index (χ1) is 10.0. The molecule has 21 heavy (non-hydrogen) atoms. The first-order valence-electron chi connectivity index (χ1n) is 7.29. The molecular weight excluding hydrogens is 268 g/mol. The summed E-state index contributed by atoms with van der Waals surface area (Å²) in [5.41, 5.74) is 2.56. The van der Waals surface area contributed by atoms with Crippen molar-refractivity contribution >= 4 is 0 Å². The highest BCUT2D eigenvalue weighted by atomic mass is 19.1. The molecule has 0 aliphatic rings. The van der Waals surface area contributed by atoms with E-state index in [9.17, 15) is 8.78 Å². The molecule has 0 radical (unpaired) electrons. The molecule has 0 heterocycles. The van der Waals surface area contributed by atoms with Crippen LogP contribution in [0.25, 0.3) is 0 Å². The van der Waals surface area contributed by atoms with Gasteiger partial charge in [-0.2, -0.15) is 0 Å². The normalized spacial score (nSPS) is 12.4. The van der Waals surface area contributed by atoms with E-state index in [0.717, 1.165) is 17.5 Å². The summed E-state index contributed by atoms with van der Waals surface area (Å²) in [6.45, 7) is 6.38. The third-order valence-electron chi connectivity index (χ3n) is 3.62. The van der Waals surface area contributed by atoms with E-state index in [1.807, 2.05) is 38.1 Å². The van der Waals surface area contributed by atoms with Crippen LogP contribution in [0.1, 0.15) is 41.6 Å². The number of hydrogen-bond donors (Lipinski definition) is 1. The standard InChI is InChI=1S/C18H21F2N/c1-4-11-21-18(14-8-5-12(2)6-9-14)16-15(19)10-7-13(3)17(16)20/h5-10,18,21H,4,11H2,1-3H3. The molecule has 0 bridgehead atoms. The van der Waals surface area contributed by atoms with Gasteiger partial charge in [-0.15, -0.1) is 0 Å². The minimum absolute atomic E-state index is 0.104. The van der Waals surface area contributed by atoms with Crippen LogP contribution in [-0.2, 0) is 0 Å². The van der Waals surface area contributed by atoms with Crippen LogP contribution >= 0.6 is 0 Å². The largest absolute Gasteiger partial charge is 0.306 e. The molecule has 0 fully saturated rings. The van der Waals surface area contributed by atoms with Crippen LogP contribution in [-0.4, -0.2) is 6.54 Å². The third-order valence-corrected chi connectivity index (χ3v) is 3.62. The third kappa shape index (κ3) is 3.48. The van der Waals surface area contributed by atoms with Crippen molar-refractivity contribution in [3.8, 4) is 0 Å². The van der Waals surface area contributed by atoms with Gasteiger partial charge >= 0.3 is 0 Å². The van der Waals surface area contributed by atoms with Crippen molar-refractivity contribution in [2.75, 3.05) is 6.54 Å². The van der Waals surface area contributed by atoms with Crippen LogP contribution < -0.4 is 5.32 Å². The minimum atomic E-state index is -0.507. The summed E-state index contributed by atoms with van der Waals surface area (Å²) in [6, 6.07) is 10.1. The fourth-order valence-corrected chi connectivity index (χ4v) is 2.38. The molecule has 0 saturated heterocycles. The van der Waals surface area contributed by atoms with Gasteiger partial charge in [-0.25, -0.2) is 8.78 Å². The van der Waals surface area contributed by atoms with Gasteiger partial charge in [0.1, 0.15) is 11.6 Å². The van der Waals surface area contributed by atoms with Gasteiger partial charge in [0.2, 0.25) is 0 Å². The summed E-state index contributed by atoms with van der Waals surface area (Å²) in [5.74, 6) is -0.976. The van der Waals surface area contributed by atoms with Gasteiger partial charge in [-0.1, -0.05) is 42.8 Å². The number of nitrogens with one attached hydrogen (secondary N) is 1. The molecule has 2 aromatic rings. The van der Waals surface area contributed by atoms with Gasteiger partial charge in [-0.05, 0) is 44.0 Å². The van der Waals surface area contributed by atoms with Gasteiger partial charge < -0.3 is 5.32 Å². The van der Waals surface area contributed by atoms with Crippen LogP contribution in [0, 0.1) is 25.5 Å². The average Bonchev–Trinajstić information content (AvgIpc) is 2.48. The number of halogens is 2. The minimum Gasteiger partial charge on any atom is -0.306 e. The smallest absolute Gasteiger partial charge is 0.134 e. The lowest BCUT2D eigenvalue weighted by Crippen LogP contribution is -2.25. The Morgan fingerprint density at radius 2 is 1.67 bits per heavy atom. The average molecular weight is 289 g/mol. The van der Waals surface area contributed by atoms with Crippen molar-refractivity contribution in [1.82, 2.24) is 5.32 Å². The maximum atomic E-state index is 14.4. The molecule has 112 valence electrons. The highest BCUT2D eigenvalue weighted by molar-refractivity contribution is 5.37. The van der Waals surface area contributed by atoms with Crippen molar-refractivity contribution < 1.29 is 8.78 Å². The fraction of sp³-hybridized carbons (Fsp3) is 0.333. The first kappa shape index (κ1) is 15.6. The lowest BCUT2D eigenvalue weighted by Gasteiger charge is -2.21. The van der Waals surface area contributed by atoms with Gasteiger partial charge in [-0.3, -0.25) is 0 Å². The van der Waals surface area contributed by atoms with E-state index >= 15 is 0 Å². The molecule has 1 N–H and O–H groups in total. The van der Waals surface area contributed by atoms with E-state index in [-0.39, 0.29) is 5.56 Å². The Morgan fingerprint density at radius 3 is 2.29 bits per heavy atom. The van der Waals surface area contributed by atoms with Gasteiger partial charge in [0.25, 0.3) is 0 Å². The van der Waals surface area contributed by atoms with Crippen molar-refractivity contribution in [2.24, 2.45) is 0 Å². The lowest BCUT2D eigenvalue weighted by molar-refractivity contribution is 0.499. The predicted molar refractivity (Wildman–Crippen MR) is 82.4 cm³/mol. The Kier molecular flexibility index (Phi) is 5.07. The van der Waals surface area contributed by atoms with Crippen LogP contribution in [0.2, 0.25) is 0 Å². The molecule has 3 heteroatoms. The van der Waals surface area contributed by atoms with Gasteiger partial charge in [0.05, 0.1) is 6.04 Å². The summed E-state index contributed by atoms with van der Waals surface area (Å²) in [7, 11) is 0. The zero-order valence-corrected chi connectivity index (χ0v) is 12.7. The number of hydrogen-bond acceptors (Lipinski definition) is 1. The molecule has 0 saturated carbocycles. The molecule has 1 atom stereocenters. The maximum absolute atomic E-state index is 14.4. The Bertz CT molecular complexity index is 605. The van der Waals surface area contributed by atoms with Crippen LogP contribution in [0.4, 0.5) is 8.78 Å². The monoisotopic (exact) mass is 289 g/mol. The molecule has 0 spiro atoms. The molecule has 2 aromatic carbocycles. The Morgan fingerprint density at radius 1 is 1.00 bits per heavy atom. The summed E-state index contributed by atoms with van der Waals surface area (Å²) < 4.78 is 28.6. The van der Waals surface area contributed by atoms with Crippen molar-refractivity contribution in [1.29, 1.82) is 0 Å². The summed E-state index contributed by atoms with van der Waals surface area (Å²) in [6.07, 6.45) is 0.900. The molecule has 0 amide bonds. The van der Waals surface area contributed by atoms with Crippen molar-refractivity contribution in [3.05, 3.63) is 70.3 Å². The van der Waals surface area contributed by atoms with Gasteiger partial charge in [0.15, 0.2) is 0 Å². The quantitative estimate of drug-likeness (QED) is 0.843. The second kappa shape index (κ2) is 6.81. The first-order valence-corrected chi connectivity index (χ1v) is 7.29. The summed E-state index contributed by atoms with van der Waals surface area (Å²) >= 11 is 0. The maximum Gasteiger partial charge on any atom is 0.134 e. The van der Waals surface area contributed by atoms with Gasteiger partial charge in [0, 0.05) is 5.56 Å². The molecule has 1 nitrogen and oxygen atoms in total. The second-order valence-electron chi connectivity index (χ2n) is 5.39. The zero-order chi connectivity index (χ0) is 15.4. The van der Waals surface area contributed by atoms with Crippen LogP contribution in [0.5, 0.6) is 0 Å². The van der Waals surface area contributed by atoms with E-state index in [0.29, 0.717) is 12.1 Å². The Labute approximate surface area is 125 Å². The lowest BCUT2D eigenvalue weighted by atomic mass is 9.95. The number of benzene rings is 2. The van der Waals surface area contributed by atoms with Crippen LogP contribution in [0.15, 0.2) is 36.4 Å². The molecule has 2 rings (SSSR count). The number of rotatable bonds is 5. The van der Waals surface area contributed by atoms with Crippen LogP contribution in [0.3, 0.4) is 0 Å². The molecule has 0 aliphatic carbocycles. The van der Waals surface area contributed by atoms with E-state index in [1.165, 1.54) is 12.1 Å². The SMILES string of the molecule is CCCNC(c1ccc(C)cc1)c1c(F)ccc(C)c1F. The predicted octanol–water partition coefficient (Wildman–Crippen LogP) is 4.67. The number of aryl methyl sites for hydroxylation is 2. The summed E-state index contributed by atoms with van der Waals surface area (Å²) in [5, 5.41) is 3.25. The molecular formula is C18H21F2N. The molecule has 1 unspecified atom stereocenters. The van der Waals surface area contributed by atoms with E-state index in [1.54, 1.807) is 6.92 Å². The van der Waals surface area contributed by atoms with Crippen molar-refractivity contribution in [2.45, 2.75) is 33.2 Å². The zero-order valence-electron chi connectivity index (χ0n) is 12.7. The second-order valence-corrected chi connectivity index (χ2v) is 5.39. The Hall–Kier alpha value is -1.74. The van der Waals surface area contributed by atoms with E-state index < -0.39 is 17.7 Å². The molecule has 0 aromatic heterocycles. The van der Waals surface area contributed by atoms with E-state index in [4.69, 9.17) is 0 Å². The topological polar surface area (TPSA) is 12.0 Å². The molecule has 0 aliphatic heterocycles.